The summed E-state index contributed by atoms with van der Waals surface area (Å²) >= 11 is 0. The fourth-order valence-corrected chi connectivity index (χ4v) is 7.14. The Kier molecular flexibility index (Phi) is 32.3. The maximum Gasteiger partial charge on any atom is 0.172 e. The van der Waals surface area contributed by atoms with E-state index in [-0.39, 0.29) is 0 Å². The quantitative estimate of drug-likeness (QED) is 0.0515. The van der Waals surface area contributed by atoms with Crippen LogP contribution in [0.15, 0.2) is 18.5 Å². The van der Waals surface area contributed by atoms with E-state index >= 15 is 0 Å². The lowest BCUT2D eigenvalue weighted by Gasteiger charge is -2.10. The largest absolute Gasteiger partial charge is 0.205 e. The molecule has 1 nitrogen and oxygen atoms in total. The first-order valence-corrected chi connectivity index (χ1v) is 21.3. The summed E-state index contributed by atoms with van der Waals surface area (Å²) in [5, 5.41) is 0. The average Bonchev–Trinajstić information content (AvgIpc) is 3.05. The van der Waals surface area contributed by atoms with Crippen molar-refractivity contribution >= 4 is 0 Å². The molecule has 1 heteroatoms. The second-order valence-corrected chi connectivity index (χ2v) is 14.8. The highest BCUT2D eigenvalue weighted by Crippen LogP contribution is 2.18. The minimum Gasteiger partial charge on any atom is -0.205 e. The van der Waals surface area contributed by atoms with Gasteiger partial charge in [0, 0.05) is 18.1 Å². The van der Waals surface area contributed by atoms with E-state index in [0.717, 1.165) is 0 Å². The van der Waals surface area contributed by atoms with Crippen LogP contribution in [0.4, 0.5) is 0 Å². The zero-order valence-electron chi connectivity index (χ0n) is 31.6. The van der Waals surface area contributed by atoms with E-state index in [2.05, 4.69) is 43.8 Å². The molecule has 0 aliphatic carbocycles. The Labute approximate surface area is 285 Å². The van der Waals surface area contributed by atoms with E-state index in [1.165, 1.54) is 231 Å². The fourth-order valence-electron chi connectivity index (χ4n) is 7.14. The summed E-state index contributed by atoms with van der Waals surface area (Å²) in [5.41, 5.74) is 3.32. The molecule has 1 rings (SSSR count). The van der Waals surface area contributed by atoms with Crippen molar-refractivity contribution < 1.29 is 4.57 Å². The molecule has 1 heterocycles. The third kappa shape index (κ3) is 27.9. The lowest BCUT2D eigenvalue weighted by molar-refractivity contribution is -0.697. The molecule has 45 heavy (non-hydrogen) atoms. The van der Waals surface area contributed by atoms with Gasteiger partial charge in [0.25, 0.3) is 0 Å². The highest BCUT2D eigenvalue weighted by molar-refractivity contribution is 5.21. The second-order valence-electron chi connectivity index (χ2n) is 14.8. The molecule has 0 bridgehead atoms. The van der Waals surface area contributed by atoms with Crippen LogP contribution in [-0.4, -0.2) is 0 Å². The van der Waals surface area contributed by atoms with Gasteiger partial charge < -0.3 is 0 Å². The molecular weight excluding hydrogens is 542 g/mol. The van der Waals surface area contributed by atoms with Crippen molar-refractivity contribution in [2.75, 3.05) is 0 Å². The van der Waals surface area contributed by atoms with Gasteiger partial charge in [0.1, 0.15) is 6.54 Å². The molecule has 264 valence electrons. The number of unbranched alkanes of at least 4 members (excludes halogenated alkanes) is 30. The third-order valence-electron chi connectivity index (χ3n) is 10.3. The molecule has 0 unspecified atom stereocenters. The van der Waals surface area contributed by atoms with Gasteiger partial charge in [0.15, 0.2) is 12.4 Å². The summed E-state index contributed by atoms with van der Waals surface area (Å²) in [6, 6.07) is 2.49. The molecule has 0 N–H and O–H groups in total. The van der Waals surface area contributed by atoms with E-state index in [0.29, 0.717) is 0 Å². The van der Waals surface area contributed by atoms with Crippen molar-refractivity contribution in [2.45, 2.75) is 252 Å². The molecule has 0 spiro atoms. The number of aromatic nitrogens is 1. The summed E-state index contributed by atoms with van der Waals surface area (Å²) in [7, 11) is 0. The summed E-state index contributed by atoms with van der Waals surface area (Å²) in [6.45, 7) is 8.14. The zero-order valence-corrected chi connectivity index (χ0v) is 31.6. The highest BCUT2D eigenvalue weighted by Gasteiger charge is 2.10. The molecule has 0 saturated carbocycles. The van der Waals surface area contributed by atoms with Crippen LogP contribution in [0.3, 0.4) is 0 Å². The predicted octanol–water partition coefficient (Wildman–Crippen LogP) is 15.0. The van der Waals surface area contributed by atoms with Gasteiger partial charge >= 0.3 is 0 Å². The molecule has 0 radical (unpaired) electrons. The monoisotopic (exact) mass is 627 g/mol. The summed E-state index contributed by atoms with van der Waals surface area (Å²) in [6.07, 6.45) is 54.9. The number of pyridine rings is 1. The first-order chi connectivity index (χ1) is 22.3. The Morgan fingerprint density at radius 3 is 0.978 bits per heavy atom. The van der Waals surface area contributed by atoms with Crippen molar-refractivity contribution in [3.63, 3.8) is 0 Å². The van der Waals surface area contributed by atoms with E-state index in [4.69, 9.17) is 0 Å². The molecule has 0 amide bonds. The molecule has 1 aromatic heterocycles. The van der Waals surface area contributed by atoms with Crippen LogP contribution < -0.4 is 4.57 Å². The number of hydrogen-bond acceptors (Lipinski definition) is 0. The Balaban J connectivity index is 2.23. The molecule has 0 aromatic carbocycles. The lowest BCUT2D eigenvalue weighted by Crippen LogP contribution is -2.33. The van der Waals surface area contributed by atoms with E-state index in [1.54, 1.807) is 11.1 Å². The zero-order chi connectivity index (χ0) is 32.3. The fraction of sp³-hybridized carbons (Fsp3) is 0.886. The molecule has 1 aromatic rings. The smallest absolute Gasteiger partial charge is 0.172 e. The Hall–Kier alpha value is -0.850. The van der Waals surface area contributed by atoms with Crippen LogP contribution in [0.5, 0.6) is 0 Å². The number of hydrogen-bond donors (Lipinski definition) is 0. The standard InChI is InChI=1S/C44H84N/c1-4-7-10-13-15-17-19-21-23-25-27-29-31-34-37-43-39-41-45(40-36-33-12-9-6-3)42-44(43)38-35-32-30-28-26-24-22-20-18-16-14-11-8-5-2/h39,41-42H,4-38,40H2,1-3H3/q+1. The van der Waals surface area contributed by atoms with Crippen LogP contribution in [0, 0.1) is 0 Å². The first-order valence-electron chi connectivity index (χ1n) is 21.3. The second kappa shape index (κ2) is 34.5. The average molecular weight is 627 g/mol. The Bertz CT molecular complexity index is 709. The van der Waals surface area contributed by atoms with Crippen molar-refractivity contribution in [1.82, 2.24) is 0 Å². The van der Waals surface area contributed by atoms with Crippen molar-refractivity contribution in [2.24, 2.45) is 0 Å². The van der Waals surface area contributed by atoms with E-state index in [9.17, 15) is 0 Å². The summed E-state index contributed by atoms with van der Waals surface area (Å²) < 4.78 is 2.51. The summed E-state index contributed by atoms with van der Waals surface area (Å²) in [4.78, 5) is 0. The highest BCUT2D eigenvalue weighted by atomic mass is 14.9. The van der Waals surface area contributed by atoms with Gasteiger partial charge in [-0.05, 0) is 37.7 Å². The van der Waals surface area contributed by atoms with Gasteiger partial charge in [-0.3, -0.25) is 0 Å². The van der Waals surface area contributed by atoms with E-state index < -0.39 is 0 Å². The number of rotatable bonds is 36. The Morgan fingerprint density at radius 1 is 0.333 bits per heavy atom. The summed E-state index contributed by atoms with van der Waals surface area (Å²) in [5.74, 6) is 0. The van der Waals surface area contributed by atoms with E-state index in [1.807, 2.05) is 0 Å². The predicted molar refractivity (Wildman–Crippen MR) is 203 cm³/mol. The van der Waals surface area contributed by atoms with Crippen LogP contribution in [0.1, 0.15) is 244 Å². The van der Waals surface area contributed by atoms with Gasteiger partial charge in [0.05, 0.1) is 0 Å². The SMILES string of the molecule is CCCCCCCCCCCCCCCCc1cc[n+](CCCCCCC)cc1CCCCCCCCCCCCCCCC. The molecule has 0 aliphatic heterocycles. The lowest BCUT2D eigenvalue weighted by atomic mass is 9.97. The Morgan fingerprint density at radius 2 is 0.622 bits per heavy atom. The van der Waals surface area contributed by atoms with Crippen LogP contribution in [0.2, 0.25) is 0 Å². The third-order valence-corrected chi connectivity index (χ3v) is 10.3. The van der Waals surface area contributed by atoms with Crippen molar-refractivity contribution in [3.05, 3.63) is 29.6 Å². The maximum absolute atomic E-state index is 2.54. The number of nitrogens with zero attached hydrogens (tertiary/aromatic N) is 1. The van der Waals surface area contributed by atoms with Crippen molar-refractivity contribution in [1.29, 1.82) is 0 Å². The van der Waals surface area contributed by atoms with Crippen molar-refractivity contribution in [3.8, 4) is 0 Å². The minimum absolute atomic E-state index is 1.20. The van der Waals surface area contributed by atoms with Crippen LogP contribution in [-0.2, 0) is 19.4 Å². The van der Waals surface area contributed by atoms with Gasteiger partial charge in [-0.15, -0.1) is 0 Å². The molecule has 0 aliphatic rings. The molecule has 0 fully saturated rings. The van der Waals surface area contributed by atoms with Gasteiger partial charge in [-0.25, -0.2) is 4.57 Å². The maximum atomic E-state index is 2.54. The van der Waals surface area contributed by atoms with Gasteiger partial charge in [0.2, 0.25) is 0 Å². The van der Waals surface area contributed by atoms with Gasteiger partial charge in [-0.2, -0.15) is 0 Å². The first kappa shape index (κ1) is 42.2. The molecule has 0 atom stereocenters. The molecular formula is C44H84N+. The number of aryl methyl sites for hydroxylation is 3. The minimum atomic E-state index is 1.20. The van der Waals surface area contributed by atoms with Crippen LogP contribution >= 0.6 is 0 Å². The van der Waals surface area contributed by atoms with Crippen LogP contribution in [0.25, 0.3) is 0 Å². The molecule has 0 saturated heterocycles. The van der Waals surface area contributed by atoms with Gasteiger partial charge in [-0.1, -0.05) is 207 Å². The topological polar surface area (TPSA) is 3.88 Å². The normalized spacial score (nSPS) is 11.5.